The van der Waals surface area contributed by atoms with Crippen LogP contribution in [0, 0.1) is 0 Å². The molecule has 2 aromatic heterocycles. The Kier molecular flexibility index (Phi) is 4.27. The molecule has 23 heavy (non-hydrogen) atoms. The highest BCUT2D eigenvalue weighted by Gasteiger charge is 2.14. The minimum atomic E-state index is -0.760. The lowest BCUT2D eigenvalue weighted by atomic mass is 10.2. The Morgan fingerprint density at radius 2 is 2.09 bits per heavy atom. The normalized spacial score (nSPS) is 12.3. The molecule has 2 heterocycles. The van der Waals surface area contributed by atoms with Gasteiger partial charge in [-0.05, 0) is 23.6 Å². The number of fused-ring (bicyclic) bond motifs is 1. The number of nitrogens with one attached hydrogen (secondary N) is 1. The molecule has 1 aromatic carbocycles. The molecule has 0 spiro atoms. The van der Waals surface area contributed by atoms with Crippen molar-refractivity contribution in [1.82, 2.24) is 9.88 Å². The Bertz CT molecular complexity index is 880. The van der Waals surface area contributed by atoms with Crippen LogP contribution in [-0.2, 0) is 7.05 Å². The van der Waals surface area contributed by atoms with E-state index in [0.29, 0.717) is 5.56 Å². The number of carbonyl (C=O) groups is 1. The van der Waals surface area contributed by atoms with E-state index in [2.05, 4.69) is 5.32 Å². The van der Waals surface area contributed by atoms with Crippen molar-refractivity contribution in [2.45, 2.75) is 6.10 Å². The highest BCUT2D eigenvalue weighted by Crippen LogP contribution is 2.29. The van der Waals surface area contributed by atoms with Crippen molar-refractivity contribution < 1.29 is 9.90 Å². The smallest absolute Gasteiger partial charge is 0.252 e. The molecule has 0 fully saturated rings. The van der Waals surface area contributed by atoms with Crippen LogP contribution in [0.3, 0.4) is 0 Å². The maximum Gasteiger partial charge on any atom is 0.252 e. The summed E-state index contributed by atoms with van der Waals surface area (Å²) in [7, 11) is 1.59. The minimum absolute atomic E-state index is 0.120. The Balaban J connectivity index is 1.68. The van der Waals surface area contributed by atoms with Crippen molar-refractivity contribution in [3.63, 3.8) is 0 Å². The highest BCUT2D eigenvalue weighted by molar-refractivity contribution is 7.19. The fourth-order valence-corrected chi connectivity index (χ4v) is 3.34. The first-order valence-corrected chi connectivity index (χ1v) is 7.97. The summed E-state index contributed by atoms with van der Waals surface area (Å²) >= 11 is 1.51. The zero-order chi connectivity index (χ0) is 16.4. The third-order valence-corrected chi connectivity index (χ3v) is 4.79. The summed E-state index contributed by atoms with van der Waals surface area (Å²) in [5, 5.41) is 14.0. The molecule has 0 saturated heterocycles. The van der Waals surface area contributed by atoms with E-state index in [4.69, 9.17) is 0 Å². The van der Waals surface area contributed by atoms with Gasteiger partial charge >= 0.3 is 0 Å². The van der Waals surface area contributed by atoms with E-state index >= 15 is 0 Å². The summed E-state index contributed by atoms with van der Waals surface area (Å²) in [6, 6.07) is 12.7. The molecular formula is C17H16N2O3S. The predicted molar refractivity (Wildman–Crippen MR) is 90.8 cm³/mol. The van der Waals surface area contributed by atoms with Gasteiger partial charge in [-0.1, -0.05) is 18.2 Å². The van der Waals surface area contributed by atoms with Gasteiger partial charge in [0, 0.05) is 35.4 Å². The van der Waals surface area contributed by atoms with Gasteiger partial charge in [0.1, 0.15) is 6.10 Å². The number of nitrogens with zero attached hydrogens (tertiary/aromatic N) is 1. The fourth-order valence-electron chi connectivity index (χ4n) is 2.29. The number of carbonyl (C=O) groups excluding carboxylic acids is 1. The van der Waals surface area contributed by atoms with Gasteiger partial charge < -0.3 is 15.0 Å². The molecule has 6 heteroatoms. The van der Waals surface area contributed by atoms with E-state index in [1.165, 1.54) is 34.2 Å². The second-order valence-electron chi connectivity index (χ2n) is 5.28. The van der Waals surface area contributed by atoms with E-state index in [1.54, 1.807) is 7.05 Å². The average Bonchev–Trinajstić information content (AvgIpc) is 2.99. The van der Waals surface area contributed by atoms with Crippen LogP contribution >= 0.6 is 11.3 Å². The summed E-state index contributed by atoms with van der Waals surface area (Å²) in [6.07, 6.45) is 0.715. The van der Waals surface area contributed by atoms with Gasteiger partial charge in [0.05, 0.1) is 5.56 Å². The molecule has 0 saturated carbocycles. The predicted octanol–water partition coefficient (Wildman–Crippen LogP) is 2.06. The standard InChI is InChI=1S/C17H16N2O3S/c1-19-10-12(6-7-16(19)21)17(22)18-9-13(20)15-8-11-4-2-3-5-14(11)23-15/h2-8,10,13,20H,9H2,1H3,(H,18,22)/t13-/m1/s1. The van der Waals surface area contributed by atoms with Crippen LogP contribution in [0.5, 0.6) is 0 Å². The minimum Gasteiger partial charge on any atom is -0.386 e. The summed E-state index contributed by atoms with van der Waals surface area (Å²) in [6.45, 7) is 0.120. The molecule has 0 unspecified atom stereocenters. The van der Waals surface area contributed by atoms with Crippen LogP contribution in [0.4, 0.5) is 0 Å². The zero-order valence-corrected chi connectivity index (χ0v) is 13.3. The zero-order valence-electron chi connectivity index (χ0n) is 12.5. The van der Waals surface area contributed by atoms with Gasteiger partial charge in [-0.15, -0.1) is 11.3 Å². The van der Waals surface area contributed by atoms with Gasteiger partial charge in [-0.3, -0.25) is 9.59 Å². The van der Waals surface area contributed by atoms with E-state index < -0.39 is 6.10 Å². The first kappa shape index (κ1) is 15.5. The lowest BCUT2D eigenvalue weighted by molar-refractivity contribution is 0.0917. The number of pyridine rings is 1. The fraction of sp³-hybridized carbons (Fsp3) is 0.176. The van der Waals surface area contributed by atoms with E-state index in [0.717, 1.165) is 15.0 Å². The number of thiophene rings is 1. The maximum atomic E-state index is 12.1. The third kappa shape index (κ3) is 3.33. The molecular weight excluding hydrogens is 312 g/mol. The summed E-state index contributed by atoms with van der Waals surface area (Å²) < 4.78 is 2.45. The lowest BCUT2D eigenvalue weighted by Gasteiger charge is -2.10. The molecule has 5 nitrogen and oxygen atoms in total. The number of aliphatic hydroxyl groups is 1. The quantitative estimate of drug-likeness (QED) is 0.770. The van der Waals surface area contributed by atoms with Crippen LogP contribution < -0.4 is 10.9 Å². The molecule has 0 aliphatic carbocycles. The van der Waals surface area contributed by atoms with Gasteiger partial charge in [0.15, 0.2) is 0 Å². The van der Waals surface area contributed by atoms with Crippen molar-refractivity contribution in [2.24, 2.45) is 7.05 Å². The van der Waals surface area contributed by atoms with Crippen molar-refractivity contribution in [2.75, 3.05) is 6.54 Å². The van der Waals surface area contributed by atoms with Gasteiger partial charge in [-0.2, -0.15) is 0 Å². The highest BCUT2D eigenvalue weighted by atomic mass is 32.1. The van der Waals surface area contributed by atoms with E-state index in [9.17, 15) is 14.7 Å². The van der Waals surface area contributed by atoms with Crippen LogP contribution in [0.15, 0.2) is 53.5 Å². The van der Waals surface area contributed by atoms with Gasteiger partial charge in [0.2, 0.25) is 5.56 Å². The Labute approximate surface area is 136 Å². The van der Waals surface area contributed by atoms with Crippen molar-refractivity contribution in [3.05, 3.63) is 69.5 Å². The molecule has 0 aliphatic rings. The Hall–Kier alpha value is -2.44. The summed E-state index contributed by atoms with van der Waals surface area (Å²) in [5.41, 5.74) is 0.211. The third-order valence-electron chi connectivity index (χ3n) is 3.58. The second kappa shape index (κ2) is 6.36. The van der Waals surface area contributed by atoms with Gasteiger partial charge in [-0.25, -0.2) is 0 Å². The van der Waals surface area contributed by atoms with Crippen LogP contribution in [0.2, 0.25) is 0 Å². The van der Waals surface area contributed by atoms with E-state index in [-0.39, 0.29) is 18.0 Å². The Morgan fingerprint density at radius 3 is 2.83 bits per heavy atom. The van der Waals surface area contributed by atoms with Crippen LogP contribution in [0.1, 0.15) is 21.3 Å². The summed E-state index contributed by atoms with van der Waals surface area (Å²) in [5.74, 6) is -0.319. The summed E-state index contributed by atoms with van der Waals surface area (Å²) in [4.78, 5) is 24.2. The number of rotatable bonds is 4. The molecule has 1 amide bonds. The monoisotopic (exact) mass is 328 g/mol. The SMILES string of the molecule is Cn1cc(C(=O)NC[C@@H](O)c2cc3ccccc3s2)ccc1=O. The molecule has 3 aromatic rings. The molecule has 0 radical (unpaired) electrons. The topological polar surface area (TPSA) is 71.3 Å². The van der Waals surface area contributed by atoms with Crippen molar-refractivity contribution >= 4 is 27.3 Å². The molecule has 1 atom stereocenters. The maximum absolute atomic E-state index is 12.1. The first-order chi connectivity index (χ1) is 11.0. The molecule has 3 rings (SSSR count). The molecule has 0 bridgehead atoms. The first-order valence-electron chi connectivity index (χ1n) is 7.16. The molecule has 118 valence electrons. The van der Waals surface area contributed by atoms with E-state index in [1.807, 2.05) is 30.3 Å². The number of aromatic nitrogens is 1. The van der Waals surface area contributed by atoms with Gasteiger partial charge in [0.25, 0.3) is 5.91 Å². The lowest BCUT2D eigenvalue weighted by Crippen LogP contribution is -2.29. The molecule has 0 aliphatic heterocycles. The Morgan fingerprint density at radius 1 is 1.30 bits per heavy atom. The number of aryl methyl sites for hydroxylation is 1. The molecule has 2 N–H and O–H groups in total. The largest absolute Gasteiger partial charge is 0.386 e. The average molecular weight is 328 g/mol. The van der Waals surface area contributed by atoms with Crippen molar-refractivity contribution in [1.29, 1.82) is 0 Å². The second-order valence-corrected chi connectivity index (χ2v) is 6.39. The van der Waals surface area contributed by atoms with Crippen LogP contribution in [0.25, 0.3) is 10.1 Å². The van der Waals surface area contributed by atoms with Crippen LogP contribution in [-0.4, -0.2) is 22.1 Å². The number of hydrogen-bond donors (Lipinski definition) is 2. The number of amides is 1. The van der Waals surface area contributed by atoms with Crippen molar-refractivity contribution in [3.8, 4) is 0 Å². The number of aliphatic hydroxyl groups excluding tert-OH is 1. The number of benzene rings is 1. The number of hydrogen-bond acceptors (Lipinski definition) is 4.